The quantitative estimate of drug-likeness (QED) is 0.334. The van der Waals surface area contributed by atoms with Crippen molar-refractivity contribution >= 4 is 34.4 Å². The summed E-state index contributed by atoms with van der Waals surface area (Å²) < 4.78 is 40.5. The van der Waals surface area contributed by atoms with Crippen LogP contribution >= 0.6 is 15.9 Å². The number of ether oxygens (including phenoxy) is 1. The molecule has 0 spiro atoms. The van der Waals surface area contributed by atoms with Gasteiger partial charge in [0.15, 0.2) is 14.1 Å². The fourth-order valence-corrected chi connectivity index (χ4v) is 4.10. The van der Waals surface area contributed by atoms with Crippen LogP contribution in [0.2, 0.25) is 18.1 Å². The number of hydrogen-bond donors (Lipinski definition) is 0. The highest BCUT2D eigenvalue weighted by Crippen LogP contribution is 2.37. The van der Waals surface area contributed by atoms with Crippen molar-refractivity contribution in [3.8, 4) is 11.5 Å². The third-order valence-electron chi connectivity index (χ3n) is 4.95. The van der Waals surface area contributed by atoms with Crippen molar-refractivity contribution in [1.29, 1.82) is 0 Å². The van der Waals surface area contributed by atoms with Gasteiger partial charge in [0.2, 0.25) is 0 Å². The molecule has 2 aromatic rings. The van der Waals surface area contributed by atoms with Gasteiger partial charge in [-0.25, -0.2) is 0 Å². The van der Waals surface area contributed by atoms with E-state index in [0.29, 0.717) is 17.7 Å². The maximum Gasteiger partial charge on any atom is 0.306 e. The summed E-state index contributed by atoms with van der Waals surface area (Å²) in [6, 6.07) is 13.1. The Bertz CT molecular complexity index is 952. The molecule has 160 valence electrons. The standard InChI is InChI=1S/C21H29BrO5SSi/c1-21(2,3)29(5,6)26-15-16-8-7-9-18(12-16)25-14-17-10-11-19(22)20(13-17)27-28(4,23)24/h7-13H,14-15H2,1-6H3. The second-order valence-corrected chi connectivity index (χ2v) is 15.8. The largest absolute Gasteiger partial charge is 0.489 e. The lowest BCUT2D eigenvalue weighted by molar-refractivity contribution is 0.273. The van der Waals surface area contributed by atoms with E-state index in [1.54, 1.807) is 12.1 Å². The summed E-state index contributed by atoms with van der Waals surface area (Å²) >= 11 is 3.29. The Morgan fingerprint density at radius 3 is 2.28 bits per heavy atom. The molecule has 8 heteroatoms. The molecule has 0 saturated heterocycles. The summed E-state index contributed by atoms with van der Waals surface area (Å²) in [7, 11) is -5.42. The minimum atomic E-state index is -3.60. The predicted molar refractivity (Wildman–Crippen MR) is 122 cm³/mol. The molecule has 0 aliphatic heterocycles. The smallest absolute Gasteiger partial charge is 0.306 e. The SMILES string of the molecule is CC(C)(C)[Si](C)(C)OCc1cccc(OCc2ccc(Br)c(OS(C)(=O)=O)c2)c1. The molecule has 0 heterocycles. The van der Waals surface area contributed by atoms with Crippen molar-refractivity contribution in [2.45, 2.75) is 52.1 Å². The first-order chi connectivity index (χ1) is 13.3. The number of hydrogen-bond acceptors (Lipinski definition) is 5. The molecule has 0 N–H and O–H groups in total. The van der Waals surface area contributed by atoms with Crippen molar-refractivity contribution in [3.05, 3.63) is 58.1 Å². The molecular formula is C21H29BrO5SSi. The van der Waals surface area contributed by atoms with Gasteiger partial charge < -0.3 is 13.3 Å². The molecule has 0 atom stereocenters. The van der Waals surface area contributed by atoms with Gasteiger partial charge in [-0.15, -0.1) is 0 Å². The highest BCUT2D eigenvalue weighted by Gasteiger charge is 2.37. The third kappa shape index (κ3) is 7.44. The molecule has 0 fully saturated rings. The lowest BCUT2D eigenvalue weighted by Gasteiger charge is -2.36. The zero-order valence-electron chi connectivity index (χ0n) is 17.8. The van der Waals surface area contributed by atoms with Crippen LogP contribution in [0.3, 0.4) is 0 Å². The van der Waals surface area contributed by atoms with Crippen LogP contribution in [0.5, 0.6) is 11.5 Å². The molecule has 2 aromatic carbocycles. The molecule has 0 aromatic heterocycles. The van der Waals surface area contributed by atoms with Gasteiger partial charge in [0.05, 0.1) is 17.3 Å². The molecule has 0 aliphatic carbocycles. The minimum absolute atomic E-state index is 0.161. The summed E-state index contributed by atoms with van der Waals surface area (Å²) in [6.07, 6.45) is 1.01. The maximum atomic E-state index is 11.4. The van der Waals surface area contributed by atoms with Crippen LogP contribution in [-0.4, -0.2) is 23.0 Å². The fraction of sp³-hybridized carbons (Fsp3) is 0.429. The van der Waals surface area contributed by atoms with E-state index in [2.05, 4.69) is 49.8 Å². The van der Waals surface area contributed by atoms with Gasteiger partial charge in [-0.3, -0.25) is 0 Å². The van der Waals surface area contributed by atoms with E-state index in [9.17, 15) is 8.42 Å². The zero-order chi connectivity index (χ0) is 21.9. The second kappa shape index (κ2) is 9.20. The van der Waals surface area contributed by atoms with Crippen molar-refractivity contribution in [3.63, 3.8) is 0 Å². The normalized spacial score (nSPS) is 12.7. The Labute approximate surface area is 183 Å². The molecule has 0 aliphatic rings. The minimum Gasteiger partial charge on any atom is -0.489 e. The molecule has 29 heavy (non-hydrogen) atoms. The van der Waals surface area contributed by atoms with Crippen molar-refractivity contribution < 1.29 is 21.8 Å². The summed E-state index contributed by atoms with van der Waals surface area (Å²) in [6.45, 7) is 12.0. The van der Waals surface area contributed by atoms with Crippen molar-refractivity contribution in [2.75, 3.05) is 6.26 Å². The van der Waals surface area contributed by atoms with Gasteiger partial charge in [-0.05, 0) is 69.5 Å². The maximum absolute atomic E-state index is 11.4. The Hall–Kier alpha value is -1.35. The van der Waals surface area contributed by atoms with Crippen molar-refractivity contribution in [2.24, 2.45) is 0 Å². The second-order valence-electron chi connectivity index (χ2n) is 8.54. The summed E-state index contributed by atoms with van der Waals surface area (Å²) in [5.74, 6) is 0.972. The van der Waals surface area contributed by atoms with E-state index in [-0.39, 0.29) is 10.8 Å². The van der Waals surface area contributed by atoms with Crippen LogP contribution < -0.4 is 8.92 Å². The van der Waals surface area contributed by atoms with Crippen LogP contribution in [0.1, 0.15) is 31.9 Å². The van der Waals surface area contributed by atoms with E-state index in [1.165, 1.54) is 0 Å². The zero-order valence-corrected chi connectivity index (χ0v) is 21.2. The summed E-state index contributed by atoms with van der Waals surface area (Å²) in [5.41, 5.74) is 1.86. The average molecular weight is 502 g/mol. The number of benzene rings is 2. The Morgan fingerprint density at radius 1 is 1.00 bits per heavy atom. The Balaban J connectivity index is 2.03. The van der Waals surface area contributed by atoms with E-state index in [0.717, 1.165) is 23.1 Å². The van der Waals surface area contributed by atoms with Gasteiger partial charge >= 0.3 is 10.1 Å². The topological polar surface area (TPSA) is 61.8 Å². The fourth-order valence-electron chi connectivity index (χ4n) is 2.24. The van der Waals surface area contributed by atoms with Crippen molar-refractivity contribution in [1.82, 2.24) is 0 Å². The summed E-state index contributed by atoms with van der Waals surface area (Å²) in [5, 5.41) is 0.161. The highest BCUT2D eigenvalue weighted by atomic mass is 79.9. The molecule has 0 amide bonds. The van der Waals surface area contributed by atoms with E-state index < -0.39 is 18.4 Å². The molecular weight excluding hydrogens is 472 g/mol. The van der Waals surface area contributed by atoms with Gasteiger partial charge in [-0.2, -0.15) is 8.42 Å². The first kappa shape index (κ1) is 23.9. The van der Waals surface area contributed by atoms with Gasteiger partial charge in [0.25, 0.3) is 0 Å². The van der Waals surface area contributed by atoms with Crippen LogP contribution in [-0.2, 0) is 27.8 Å². The lowest BCUT2D eigenvalue weighted by atomic mass is 10.2. The van der Waals surface area contributed by atoms with E-state index >= 15 is 0 Å². The molecule has 0 saturated carbocycles. The van der Waals surface area contributed by atoms with Crippen LogP contribution in [0, 0.1) is 0 Å². The number of rotatable bonds is 8. The predicted octanol–water partition coefficient (Wildman–Crippen LogP) is 5.89. The monoisotopic (exact) mass is 500 g/mol. The Kier molecular flexibility index (Phi) is 7.59. The Morgan fingerprint density at radius 2 is 1.66 bits per heavy atom. The molecule has 0 bridgehead atoms. The molecule has 2 rings (SSSR count). The lowest BCUT2D eigenvalue weighted by Crippen LogP contribution is -2.40. The van der Waals surface area contributed by atoms with Gasteiger partial charge in [0.1, 0.15) is 12.4 Å². The van der Waals surface area contributed by atoms with Gasteiger partial charge in [0, 0.05) is 0 Å². The first-order valence-electron chi connectivity index (χ1n) is 9.30. The van der Waals surface area contributed by atoms with E-state index in [1.807, 2.05) is 30.3 Å². The number of halogens is 1. The third-order valence-corrected chi connectivity index (χ3v) is 10.6. The molecule has 5 nitrogen and oxygen atoms in total. The van der Waals surface area contributed by atoms with Gasteiger partial charge in [-0.1, -0.05) is 39.0 Å². The van der Waals surface area contributed by atoms with Crippen LogP contribution in [0.15, 0.2) is 46.9 Å². The highest BCUT2D eigenvalue weighted by molar-refractivity contribution is 9.10. The first-order valence-corrected chi connectivity index (χ1v) is 14.8. The molecule has 0 radical (unpaired) electrons. The van der Waals surface area contributed by atoms with E-state index in [4.69, 9.17) is 13.3 Å². The average Bonchev–Trinajstić information content (AvgIpc) is 2.59. The van der Waals surface area contributed by atoms with Crippen LogP contribution in [0.4, 0.5) is 0 Å². The van der Waals surface area contributed by atoms with Crippen LogP contribution in [0.25, 0.3) is 0 Å². The molecule has 0 unspecified atom stereocenters. The summed E-state index contributed by atoms with van der Waals surface area (Å²) in [4.78, 5) is 0.